The maximum atomic E-state index is 13.2. The van der Waals surface area contributed by atoms with Gasteiger partial charge in [-0.15, -0.1) is 11.3 Å². The SMILES string of the molecule is CCNC1CN(c2ccc3c(n2)CCC(NC(=O)c2sc4nc(C)cc(C)c4c2N)C3)CC1COC. The Morgan fingerprint density at radius 2 is 2.11 bits per heavy atom. The molecule has 0 saturated carbocycles. The fourth-order valence-electron chi connectivity index (χ4n) is 5.72. The predicted molar refractivity (Wildman–Crippen MR) is 146 cm³/mol. The normalized spacial score (nSPS) is 21.7. The second-order valence-corrected chi connectivity index (χ2v) is 11.1. The van der Waals surface area contributed by atoms with E-state index in [9.17, 15) is 4.79 Å². The van der Waals surface area contributed by atoms with E-state index in [1.54, 1.807) is 7.11 Å². The van der Waals surface area contributed by atoms with Crippen LogP contribution in [0, 0.1) is 19.8 Å². The number of aryl methyl sites for hydroxylation is 3. The van der Waals surface area contributed by atoms with Crippen molar-refractivity contribution in [1.82, 2.24) is 20.6 Å². The van der Waals surface area contributed by atoms with Crippen molar-refractivity contribution in [2.75, 3.05) is 44.0 Å². The molecule has 36 heavy (non-hydrogen) atoms. The van der Waals surface area contributed by atoms with E-state index in [4.69, 9.17) is 15.5 Å². The zero-order valence-electron chi connectivity index (χ0n) is 21.6. The number of hydrogen-bond donors (Lipinski definition) is 3. The highest BCUT2D eigenvalue weighted by Gasteiger charge is 2.33. The molecule has 3 atom stereocenters. The van der Waals surface area contributed by atoms with Crippen molar-refractivity contribution in [2.24, 2.45) is 5.92 Å². The summed E-state index contributed by atoms with van der Waals surface area (Å²) in [5.41, 5.74) is 11.3. The Bertz CT molecular complexity index is 1260. The van der Waals surface area contributed by atoms with Gasteiger partial charge in [0.25, 0.3) is 5.91 Å². The first-order chi connectivity index (χ1) is 17.4. The number of carbonyl (C=O) groups excluding carboxylic acids is 1. The van der Waals surface area contributed by atoms with Gasteiger partial charge in [-0.1, -0.05) is 13.0 Å². The van der Waals surface area contributed by atoms with Crippen molar-refractivity contribution in [2.45, 2.75) is 52.1 Å². The number of hydrogen-bond acceptors (Lipinski definition) is 8. The lowest BCUT2D eigenvalue weighted by Gasteiger charge is -2.26. The highest BCUT2D eigenvalue weighted by Crippen LogP contribution is 2.35. The second-order valence-electron chi connectivity index (χ2n) is 10.1. The lowest BCUT2D eigenvalue weighted by Crippen LogP contribution is -2.39. The number of fused-ring (bicyclic) bond motifs is 2. The zero-order chi connectivity index (χ0) is 25.4. The highest BCUT2D eigenvalue weighted by molar-refractivity contribution is 7.21. The molecule has 192 valence electrons. The molecule has 0 aromatic carbocycles. The molecule has 0 radical (unpaired) electrons. The minimum atomic E-state index is -0.110. The standard InChI is InChI=1S/C27H36N6O2S/c1-5-29-21-13-33(12-18(21)14-35-4)22-9-6-17-11-19(7-8-20(17)32-22)31-26(34)25-24(28)23-15(2)10-16(3)30-27(23)36-25/h6,9-10,18-19,21,29H,5,7-8,11-14,28H2,1-4H3,(H,31,34). The molecule has 3 aromatic rings. The fourth-order valence-corrected chi connectivity index (χ4v) is 6.84. The van der Waals surface area contributed by atoms with Crippen LogP contribution >= 0.6 is 11.3 Å². The number of carbonyl (C=O) groups is 1. The Morgan fingerprint density at radius 3 is 2.89 bits per heavy atom. The molecule has 2 aliphatic rings. The average molecular weight is 509 g/mol. The molecule has 1 saturated heterocycles. The summed E-state index contributed by atoms with van der Waals surface area (Å²) in [6.45, 7) is 9.71. The number of nitrogen functional groups attached to an aromatic ring is 1. The summed E-state index contributed by atoms with van der Waals surface area (Å²) < 4.78 is 5.46. The number of rotatable bonds is 7. The third-order valence-electron chi connectivity index (χ3n) is 7.43. The number of aromatic nitrogens is 2. The van der Waals surface area contributed by atoms with Crippen molar-refractivity contribution >= 4 is 39.0 Å². The van der Waals surface area contributed by atoms with Gasteiger partial charge >= 0.3 is 0 Å². The van der Waals surface area contributed by atoms with Crippen molar-refractivity contribution in [1.29, 1.82) is 0 Å². The number of anilines is 2. The average Bonchev–Trinajstić information content (AvgIpc) is 3.40. The second kappa shape index (κ2) is 10.3. The van der Waals surface area contributed by atoms with Gasteiger partial charge in [0.2, 0.25) is 0 Å². The summed E-state index contributed by atoms with van der Waals surface area (Å²) in [6.07, 6.45) is 2.49. The maximum Gasteiger partial charge on any atom is 0.263 e. The molecule has 3 aromatic heterocycles. The van der Waals surface area contributed by atoms with Crippen LogP contribution < -0.4 is 21.3 Å². The molecular formula is C27H36N6O2S. The molecule has 8 nitrogen and oxygen atoms in total. The van der Waals surface area contributed by atoms with E-state index in [1.165, 1.54) is 16.9 Å². The first-order valence-electron chi connectivity index (χ1n) is 12.8. The van der Waals surface area contributed by atoms with Crippen molar-refractivity contribution in [3.63, 3.8) is 0 Å². The fraction of sp³-hybridized carbons (Fsp3) is 0.519. The van der Waals surface area contributed by atoms with Gasteiger partial charge in [0.05, 0.1) is 12.3 Å². The number of thiophene rings is 1. The highest BCUT2D eigenvalue weighted by atomic mass is 32.1. The lowest BCUT2D eigenvalue weighted by atomic mass is 9.91. The Kier molecular flexibility index (Phi) is 7.14. The molecule has 0 bridgehead atoms. The summed E-state index contributed by atoms with van der Waals surface area (Å²) in [7, 11) is 1.77. The van der Waals surface area contributed by atoms with Crippen LogP contribution in [0.1, 0.15) is 45.5 Å². The van der Waals surface area contributed by atoms with Gasteiger partial charge in [0.1, 0.15) is 15.5 Å². The summed E-state index contributed by atoms with van der Waals surface area (Å²) in [6, 6.07) is 6.80. The number of amides is 1. The smallest absolute Gasteiger partial charge is 0.263 e. The molecule has 4 N–H and O–H groups in total. The van der Waals surface area contributed by atoms with Crippen LogP contribution in [-0.2, 0) is 17.6 Å². The molecule has 1 amide bonds. The number of ether oxygens (including phenoxy) is 1. The van der Waals surface area contributed by atoms with Crippen LogP contribution in [0.4, 0.5) is 11.5 Å². The monoisotopic (exact) mass is 508 g/mol. The molecule has 5 rings (SSSR count). The third kappa shape index (κ3) is 4.79. The number of methoxy groups -OCH3 is 1. The minimum absolute atomic E-state index is 0.0639. The molecule has 9 heteroatoms. The zero-order valence-corrected chi connectivity index (χ0v) is 22.4. The number of likely N-dealkylation sites (N-methyl/N-ethyl adjacent to an activating group) is 1. The van der Waals surface area contributed by atoms with Gasteiger partial charge in [-0.3, -0.25) is 4.79 Å². The van der Waals surface area contributed by atoms with Gasteiger partial charge in [0.15, 0.2) is 0 Å². The largest absolute Gasteiger partial charge is 0.397 e. The Hall–Kier alpha value is -2.75. The molecule has 4 heterocycles. The van der Waals surface area contributed by atoms with Crippen molar-refractivity contribution < 1.29 is 9.53 Å². The first-order valence-corrected chi connectivity index (χ1v) is 13.6. The van der Waals surface area contributed by atoms with Crippen LogP contribution in [0.2, 0.25) is 0 Å². The van der Waals surface area contributed by atoms with Crippen LogP contribution in [0.25, 0.3) is 10.2 Å². The molecule has 1 fully saturated rings. The van der Waals surface area contributed by atoms with E-state index < -0.39 is 0 Å². The van der Waals surface area contributed by atoms with Crippen LogP contribution in [-0.4, -0.2) is 61.3 Å². The third-order valence-corrected chi connectivity index (χ3v) is 8.53. The Morgan fingerprint density at radius 1 is 1.28 bits per heavy atom. The van der Waals surface area contributed by atoms with E-state index in [1.807, 2.05) is 19.9 Å². The minimum Gasteiger partial charge on any atom is -0.397 e. The molecule has 0 spiro atoms. The van der Waals surface area contributed by atoms with Crippen LogP contribution in [0.3, 0.4) is 0 Å². The summed E-state index contributed by atoms with van der Waals surface area (Å²) in [4.78, 5) is 26.5. The summed E-state index contributed by atoms with van der Waals surface area (Å²) in [5, 5.41) is 7.72. The van der Waals surface area contributed by atoms with E-state index in [0.717, 1.165) is 78.5 Å². The van der Waals surface area contributed by atoms with Gasteiger partial charge in [-0.25, -0.2) is 9.97 Å². The van der Waals surface area contributed by atoms with Crippen molar-refractivity contribution in [3.8, 4) is 0 Å². The van der Waals surface area contributed by atoms with E-state index in [2.05, 4.69) is 39.6 Å². The Labute approximate surface area is 216 Å². The number of pyridine rings is 2. The summed E-state index contributed by atoms with van der Waals surface area (Å²) >= 11 is 1.38. The van der Waals surface area contributed by atoms with Crippen LogP contribution in [0.5, 0.6) is 0 Å². The Balaban J connectivity index is 1.27. The first kappa shape index (κ1) is 24.9. The molecular weight excluding hydrogens is 472 g/mol. The number of nitrogens with one attached hydrogen (secondary N) is 2. The predicted octanol–water partition coefficient (Wildman–Crippen LogP) is 3.24. The van der Waals surface area contributed by atoms with Gasteiger partial charge in [-0.05, 0) is 62.9 Å². The maximum absolute atomic E-state index is 13.2. The molecule has 1 aliphatic heterocycles. The van der Waals surface area contributed by atoms with Gasteiger partial charge in [-0.2, -0.15) is 0 Å². The lowest BCUT2D eigenvalue weighted by molar-refractivity contribution is 0.0938. The number of nitrogens with two attached hydrogens (primary N) is 1. The quantitative estimate of drug-likeness (QED) is 0.450. The van der Waals surface area contributed by atoms with Crippen molar-refractivity contribution in [3.05, 3.63) is 45.6 Å². The van der Waals surface area contributed by atoms with E-state index in [0.29, 0.717) is 22.5 Å². The topological polar surface area (TPSA) is 105 Å². The number of nitrogens with zero attached hydrogens (tertiary/aromatic N) is 3. The summed E-state index contributed by atoms with van der Waals surface area (Å²) in [5.74, 6) is 1.38. The van der Waals surface area contributed by atoms with E-state index in [-0.39, 0.29) is 11.9 Å². The van der Waals surface area contributed by atoms with Gasteiger partial charge < -0.3 is 26.0 Å². The van der Waals surface area contributed by atoms with Gasteiger partial charge in [0, 0.05) is 55.0 Å². The van der Waals surface area contributed by atoms with E-state index >= 15 is 0 Å². The van der Waals surface area contributed by atoms with Crippen LogP contribution in [0.15, 0.2) is 18.2 Å². The molecule has 1 aliphatic carbocycles. The molecule has 3 unspecified atom stereocenters.